The molecule has 0 atom stereocenters. The highest BCUT2D eigenvalue weighted by Gasteiger charge is 2.30. The summed E-state index contributed by atoms with van der Waals surface area (Å²) < 4.78 is 6.30. The molecule has 5 nitrogen and oxygen atoms in total. The van der Waals surface area contributed by atoms with Gasteiger partial charge in [0.05, 0.1) is 16.8 Å². The second-order valence-corrected chi connectivity index (χ2v) is 8.44. The van der Waals surface area contributed by atoms with Gasteiger partial charge in [-0.15, -0.1) is 12.4 Å². The number of amides is 1. The van der Waals surface area contributed by atoms with Crippen molar-refractivity contribution in [2.45, 2.75) is 32.1 Å². The van der Waals surface area contributed by atoms with E-state index in [0.29, 0.717) is 17.3 Å². The number of fused-ring (bicyclic) bond motifs is 1. The number of aromatic nitrogens is 1. The molecule has 0 radical (unpaired) electrons. The molecule has 2 aromatic rings. The summed E-state index contributed by atoms with van der Waals surface area (Å²) in [5, 5.41) is 1.37. The number of ether oxygens (including phenoxy) is 1. The smallest absolute Gasteiger partial charge is 0.231 e. The van der Waals surface area contributed by atoms with Gasteiger partial charge in [0.1, 0.15) is 11.3 Å². The summed E-state index contributed by atoms with van der Waals surface area (Å²) in [4.78, 5) is 21.9. The first-order valence-corrected chi connectivity index (χ1v) is 10.3. The Morgan fingerprint density at radius 2 is 2.00 bits per heavy atom. The number of thiazole rings is 1. The Kier molecular flexibility index (Phi) is 8.16. The Morgan fingerprint density at radius 1 is 1.30 bits per heavy atom. The molecule has 1 aromatic carbocycles. The van der Waals surface area contributed by atoms with Crippen molar-refractivity contribution >= 4 is 56.6 Å². The van der Waals surface area contributed by atoms with Gasteiger partial charge in [0.15, 0.2) is 5.13 Å². The van der Waals surface area contributed by atoms with Crippen LogP contribution in [0.2, 0.25) is 5.02 Å². The number of hydrogen-bond acceptors (Lipinski definition) is 5. The van der Waals surface area contributed by atoms with Crippen molar-refractivity contribution < 1.29 is 9.53 Å². The maximum Gasteiger partial charge on any atom is 0.231 e. The molecule has 1 heterocycles. The third-order valence-electron chi connectivity index (χ3n) is 4.86. The van der Waals surface area contributed by atoms with Gasteiger partial charge < -0.3 is 9.64 Å². The number of benzene rings is 1. The fourth-order valence-corrected chi connectivity index (χ4v) is 4.75. The van der Waals surface area contributed by atoms with Gasteiger partial charge in [0.2, 0.25) is 5.91 Å². The number of halogens is 2. The highest BCUT2D eigenvalue weighted by Crippen LogP contribution is 2.39. The van der Waals surface area contributed by atoms with Gasteiger partial charge in [-0.05, 0) is 52.0 Å². The predicted molar refractivity (Wildman–Crippen MR) is 116 cm³/mol. The zero-order valence-electron chi connectivity index (χ0n) is 16.0. The van der Waals surface area contributed by atoms with Crippen LogP contribution >= 0.6 is 35.3 Å². The number of rotatable bonds is 7. The molecule has 27 heavy (non-hydrogen) atoms. The second kappa shape index (κ2) is 9.92. The van der Waals surface area contributed by atoms with Crippen molar-refractivity contribution in [3.8, 4) is 5.75 Å². The summed E-state index contributed by atoms with van der Waals surface area (Å²) in [7, 11) is 5.72. The topological polar surface area (TPSA) is 45.7 Å². The van der Waals surface area contributed by atoms with Crippen LogP contribution in [0.4, 0.5) is 5.13 Å². The van der Waals surface area contributed by atoms with Gasteiger partial charge in [-0.1, -0.05) is 35.8 Å². The van der Waals surface area contributed by atoms with Crippen LogP contribution in [-0.2, 0) is 4.79 Å². The van der Waals surface area contributed by atoms with Crippen LogP contribution in [0.5, 0.6) is 5.75 Å². The molecule has 0 bridgehead atoms. The van der Waals surface area contributed by atoms with Crippen LogP contribution in [0.25, 0.3) is 10.2 Å². The van der Waals surface area contributed by atoms with Crippen molar-refractivity contribution in [1.82, 2.24) is 9.88 Å². The van der Waals surface area contributed by atoms with Gasteiger partial charge in [0.25, 0.3) is 0 Å². The van der Waals surface area contributed by atoms with E-state index in [1.807, 2.05) is 31.1 Å². The minimum Gasteiger partial charge on any atom is -0.494 e. The Bertz CT molecular complexity index is 776. The highest BCUT2D eigenvalue weighted by molar-refractivity contribution is 7.23. The number of carbonyl (C=O) groups excluding carboxylic acids is 1. The molecule has 1 aliphatic carbocycles. The van der Waals surface area contributed by atoms with Gasteiger partial charge >= 0.3 is 0 Å². The molecule has 0 spiro atoms. The minimum atomic E-state index is 0. The molecule has 1 fully saturated rings. The van der Waals surface area contributed by atoms with E-state index in [2.05, 4.69) is 4.90 Å². The lowest BCUT2D eigenvalue weighted by Gasteiger charge is -2.24. The fourth-order valence-electron chi connectivity index (χ4n) is 3.46. The van der Waals surface area contributed by atoms with Crippen LogP contribution in [0.15, 0.2) is 12.1 Å². The molecular weight excluding hydrogens is 405 g/mol. The summed E-state index contributed by atoms with van der Waals surface area (Å²) in [6.07, 6.45) is 5.16. The Morgan fingerprint density at radius 3 is 2.63 bits per heavy atom. The molecular formula is C19H27Cl2N3O2S. The van der Waals surface area contributed by atoms with E-state index in [1.165, 1.54) is 11.3 Å². The average molecular weight is 432 g/mol. The van der Waals surface area contributed by atoms with E-state index in [9.17, 15) is 4.79 Å². The summed E-state index contributed by atoms with van der Waals surface area (Å²) in [6.45, 7) is 1.61. The van der Waals surface area contributed by atoms with E-state index in [4.69, 9.17) is 21.3 Å². The molecule has 8 heteroatoms. The van der Waals surface area contributed by atoms with E-state index < -0.39 is 0 Å². The molecule has 0 saturated heterocycles. The molecule has 0 unspecified atom stereocenters. The molecule has 1 aromatic heterocycles. The van der Waals surface area contributed by atoms with Crippen LogP contribution in [0, 0.1) is 5.92 Å². The SMILES string of the molecule is COc1ccc(Cl)c2sc(N(CCCN(C)C)C(=O)C3CCCC3)nc12.Cl. The lowest BCUT2D eigenvalue weighted by molar-refractivity contribution is -0.122. The fraction of sp³-hybridized carbons (Fsp3) is 0.579. The van der Waals surface area contributed by atoms with Gasteiger partial charge in [-0.25, -0.2) is 4.98 Å². The molecule has 150 valence electrons. The average Bonchev–Trinajstić information content (AvgIpc) is 3.28. The summed E-state index contributed by atoms with van der Waals surface area (Å²) in [5.41, 5.74) is 0.733. The van der Waals surface area contributed by atoms with Crippen LogP contribution in [0.1, 0.15) is 32.1 Å². The molecule has 1 aliphatic rings. The molecule has 0 N–H and O–H groups in total. The number of methoxy groups -OCH3 is 1. The zero-order chi connectivity index (χ0) is 18.7. The Balaban J connectivity index is 0.00000261. The maximum absolute atomic E-state index is 13.2. The first kappa shape index (κ1) is 22.2. The first-order chi connectivity index (χ1) is 12.5. The monoisotopic (exact) mass is 431 g/mol. The van der Waals surface area contributed by atoms with Crippen molar-refractivity contribution in [2.75, 3.05) is 39.2 Å². The van der Waals surface area contributed by atoms with Crippen LogP contribution in [-0.4, -0.2) is 50.1 Å². The van der Waals surface area contributed by atoms with Crippen molar-refractivity contribution in [2.24, 2.45) is 5.92 Å². The van der Waals surface area contributed by atoms with Crippen LogP contribution < -0.4 is 9.64 Å². The molecule has 1 saturated carbocycles. The van der Waals surface area contributed by atoms with E-state index in [-0.39, 0.29) is 24.2 Å². The normalized spacial score (nSPS) is 14.6. The summed E-state index contributed by atoms with van der Waals surface area (Å²) in [5.74, 6) is 1.02. The quantitative estimate of drug-likeness (QED) is 0.627. The number of hydrogen-bond donors (Lipinski definition) is 0. The van der Waals surface area contributed by atoms with Crippen LogP contribution in [0.3, 0.4) is 0 Å². The molecule has 0 aliphatic heterocycles. The van der Waals surface area contributed by atoms with Gasteiger partial charge in [-0.2, -0.15) is 0 Å². The maximum atomic E-state index is 13.2. The first-order valence-electron chi connectivity index (χ1n) is 9.10. The highest BCUT2D eigenvalue weighted by atomic mass is 35.5. The van der Waals surface area contributed by atoms with Crippen molar-refractivity contribution in [3.63, 3.8) is 0 Å². The lowest BCUT2D eigenvalue weighted by Crippen LogP contribution is -2.37. The van der Waals surface area contributed by atoms with Gasteiger partial charge in [0, 0.05) is 12.5 Å². The molecule has 1 amide bonds. The summed E-state index contributed by atoms with van der Waals surface area (Å²) in [6, 6.07) is 3.64. The van der Waals surface area contributed by atoms with Crippen molar-refractivity contribution in [3.05, 3.63) is 17.2 Å². The predicted octanol–water partition coefficient (Wildman–Crippen LogP) is 4.86. The second-order valence-electron chi connectivity index (χ2n) is 7.05. The largest absolute Gasteiger partial charge is 0.494 e. The lowest BCUT2D eigenvalue weighted by atomic mass is 10.1. The number of nitrogens with zero attached hydrogens (tertiary/aromatic N) is 3. The molecule has 3 rings (SSSR count). The van der Waals surface area contributed by atoms with E-state index in [1.54, 1.807) is 7.11 Å². The zero-order valence-corrected chi connectivity index (χ0v) is 18.4. The van der Waals surface area contributed by atoms with E-state index in [0.717, 1.165) is 54.0 Å². The minimum absolute atomic E-state index is 0. The summed E-state index contributed by atoms with van der Waals surface area (Å²) >= 11 is 7.84. The van der Waals surface area contributed by atoms with Crippen molar-refractivity contribution in [1.29, 1.82) is 0 Å². The van der Waals surface area contributed by atoms with Gasteiger partial charge in [-0.3, -0.25) is 9.69 Å². The number of anilines is 1. The Hall–Kier alpha value is -1.08. The van der Waals surface area contributed by atoms with E-state index >= 15 is 0 Å². The standard InChI is InChI=1S/C19H26ClN3O2S.ClH/c1-22(2)11-6-12-23(18(24)13-7-4-5-8-13)19-21-16-15(25-3)10-9-14(20)17(16)26-19;/h9-10,13H,4-8,11-12H2,1-3H3;1H. The Labute approximate surface area is 176 Å². The third-order valence-corrected chi connectivity index (χ3v) is 6.39. The number of carbonyl (C=O) groups is 1. The third kappa shape index (κ3) is 5.05.